The minimum atomic E-state index is -1.18. The largest absolute Gasteiger partial charge is 0.480 e. The van der Waals surface area contributed by atoms with Gasteiger partial charge >= 0.3 is 24.1 Å². The summed E-state index contributed by atoms with van der Waals surface area (Å²) in [6.45, 7) is 9.64. The van der Waals surface area contributed by atoms with Crippen molar-refractivity contribution < 1.29 is 58.0 Å². The van der Waals surface area contributed by atoms with Crippen molar-refractivity contribution in [3.63, 3.8) is 0 Å². The second-order valence-corrected chi connectivity index (χ2v) is 23.5. The van der Waals surface area contributed by atoms with Crippen molar-refractivity contribution in [2.45, 2.75) is 116 Å². The summed E-state index contributed by atoms with van der Waals surface area (Å²) in [6.07, 6.45) is 2.90. The molecule has 4 atom stereocenters. The van der Waals surface area contributed by atoms with E-state index in [0.717, 1.165) is 22.3 Å². The van der Waals surface area contributed by atoms with Gasteiger partial charge in [-0.05, 0) is 101 Å². The highest BCUT2D eigenvalue weighted by Crippen LogP contribution is 2.28. The van der Waals surface area contributed by atoms with Crippen LogP contribution in [0.2, 0.25) is 0 Å². The van der Waals surface area contributed by atoms with E-state index in [1.165, 1.54) is 64.7 Å². The Hall–Kier alpha value is -4.80. The predicted molar refractivity (Wildman–Crippen MR) is 275 cm³/mol. The number of benzene rings is 2. The van der Waals surface area contributed by atoms with Crippen molar-refractivity contribution >= 4 is 92.9 Å². The van der Waals surface area contributed by atoms with Crippen LogP contribution in [0.25, 0.3) is 0 Å². The Bertz CT molecular complexity index is 2020. The number of hydrogen-bond acceptors (Lipinski definition) is 14. The van der Waals surface area contributed by atoms with Crippen LogP contribution in [0.3, 0.4) is 0 Å². The lowest BCUT2D eigenvalue weighted by molar-refractivity contribution is -0.146. The Morgan fingerprint density at radius 1 is 0.600 bits per heavy atom. The second-order valence-electron chi connectivity index (χ2n) is 18.8. The minimum absolute atomic E-state index is 0.0591. The second kappa shape index (κ2) is 27.1. The van der Waals surface area contributed by atoms with Crippen LogP contribution in [0.4, 0.5) is 9.59 Å². The SMILES string of the molecule is CSCC[C@H](NC(=O)[C@@H]1Cc2ccccc2CN1C(=O)CN(CCSSCCN(CC(=O)N1Cc2ccccc2C[C@H]1C(=O)N[C@@H](CCSC)C(=O)O)C(=O)OC(C)(C)C)C(=O)OC(C)(C)C)C(=O)O. The first kappa shape index (κ1) is 57.8. The fourth-order valence-corrected chi connectivity index (χ4v) is 10.5. The van der Waals surface area contributed by atoms with Crippen LogP contribution in [0, 0.1) is 0 Å². The number of nitrogens with zero attached hydrogens (tertiary/aromatic N) is 4. The monoisotopic (exact) mass is 1050 g/mol. The van der Waals surface area contributed by atoms with Gasteiger partial charge in [0, 0.05) is 50.5 Å². The number of nitrogens with one attached hydrogen (secondary N) is 2. The summed E-state index contributed by atoms with van der Waals surface area (Å²) in [6, 6.07) is 10.4. The molecule has 0 radical (unpaired) electrons. The van der Waals surface area contributed by atoms with Gasteiger partial charge in [0.25, 0.3) is 0 Å². The Balaban J connectivity index is 1.46. The van der Waals surface area contributed by atoms with Crippen molar-refractivity contribution in [3.8, 4) is 0 Å². The van der Waals surface area contributed by atoms with Gasteiger partial charge < -0.3 is 40.1 Å². The molecule has 6 amide bonds. The van der Waals surface area contributed by atoms with Crippen LogP contribution in [0.15, 0.2) is 48.5 Å². The van der Waals surface area contributed by atoms with Gasteiger partial charge in [-0.15, -0.1) is 0 Å². The van der Waals surface area contributed by atoms with E-state index in [0.29, 0.717) is 23.0 Å². The summed E-state index contributed by atoms with van der Waals surface area (Å²) in [4.78, 5) is 113. The number of amides is 6. The fraction of sp³-hybridized carbons (Fsp3) is 0.583. The van der Waals surface area contributed by atoms with Gasteiger partial charge in [-0.2, -0.15) is 23.5 Å². The molecule has 2 heterocycles. The van der Waals surface area contributed by atoms with Crippen molar-refractivity contribution in [2.75, 3.05) is 61.7 Å². The first-order valence-corrected chi connectivity index (χ1v) is 28.3. The highest BCUT2D eigenvalue weighted by molar-refractivity contribution is 8.76. The number of aliphatic carboxylic acids is 2. The molecule has 2 aromatic carbocycles. The highest BCUT2D eigenvalue weighted by atomic mass is 33.1. The predicted octanol–water partition coefficient (Wildman–Crippen LogP) is 5.39. The van der Waals surface area contributed by atoms with Crippen molar-refractivity contribution in [1.29, 1.82) is 0 Å². The van der Waals surface area contributed by atoms with Gasteiger partial charge in [0.2, 0.25) is 23.6 Å². The molecular formula is C48H68N6O12S4. The van der Waals surface area contributed by atoms with E-state index in [2.05, 4.69) is 10.6 Å². The third-order valence-corrected chi connectivity index (χ3v) is 14.8. The number of carbonyl (C=O) groups is 8. The van der Waals surface area contributed by atoms with Crippen LogP contribution < -0.4 is 10.6 Å². The molecule has 4 rings (SSSR count). The Kier molecular flexibility index (Phi) is 22.4. The van der Waals surface area contributed by atoms with E-state index in [-0.39, 0.29) is 51.9 Å². The van der Waals surface area contributed by atoms with Crippen LogP contribution in [-0.2, 0) is 64.2 Å². The lowest BCUT2D eigenvalue weighted by Gasteiger charge is -2.38. The molecule has 2 aliphatic rings. The van der Waals surface area contributed by atoms with Gasteiger partial charge in [0.05, 0.1) is 0 Å². The summed E-state index contributed by atoms with van der Waals surface area (Å²) < 4.78 is 11.4. The lowest BCUT2D eigenvalue weighted by Crippen LogP contribution is -2.57. The molecule has 0 saturated heterocycles. The van der Waals surface area contributed by atoms with Crippen LogP contribution in [-0.4, -0.2) is 175 Å². The number of carboxylic acids is 2. The molecule has 386 valence electrons. The summed E-state index contributed by atoms with van der Waals surface area (Å²) in [5.41, 5.74) is 1.57. The Morgan fingerprint density at radius 3 is 1.26 bits per heavy atom. The normalized spacial score (nSPS) is 16.4. The molecule has 2 aliphatic heterocycles. The standard InChI is InChI=1S/C48H68N6O12S4/c1-47(2,3)65-45(63)51(29-39(55)53-27-33-15-11-9-13-31(33)25-37(53)41(57)49-35(43(59)60)17-21-67-7)19-23-69-70-24-20-52(46(64)66-48(4,5)6)30-40(56)54-28-34-16-12-10-14-32(34)26-38(54)42(58)50-36(44(61)62)18-22-68-8/h9-16,35-38H,17-30H2,1-8H3,(H,49,57)(H,50,58)(H,59,60)(H,61,62)/t35-,36-,37-,38-/m0/s1. The summed E-state index contributed by atoms with van der Waals surface area (Å²) in [5.74, 6) is -2.99. The van der Waals surface area contributed by atoms with Gasteiger partial charge in [0.1, 0.15) is 48.5 Å². The molecule has 0 aromatic heterocycles. The Morgan fingerprint density at radius 2 is 0.943 bits per heavy atom. The molecule has 4 N–H and O–H groups in total. The smallest absolute Gasteiger partial charge is 0.410 e. The lowest BCUT2D eigenvalue weighted by atomic mass is 9.93. The van der Waals surface area contributed by atoms with Crippen LogP contribution >= 0.6 is 45.1 Å². The van der Waals surface area contributed by atoms with E-state index >= 15 is 0 Å². The third-order valence-electron chi connectivity index (χ3n) is 11.1. The molecule has 0 aliphatic carbocycles. The highest BCUT2D eigenvalue weighted by Gasteiger charge is 2.39. The number of thioether (sulfide) groups is 2. The molecule has 0 spiro atoms. The van der Waals surface area contributed by atoms with E-state index < -0.39 is 96.2 Å². The summed E-state index contributed by atoms with van der Waals surface area (Å²) in [5, 5.41) is 24.9. The number of carbonyl (C=O) groups excluding carboxylic acids is 6. The van der Waals surface area contributed by atoms with Gasteiger partial charge in [0.15, 0.2) is 0 Å². The van der Waals surface area contributed by atoms with Gasteiger partial charge in [-0.1, -0.05) is 70.1 Å². The first-order chi connectivity index (χ1) is 33.0. The van der Waals surface area contributed by atoms with E-state index in [9.17, 15) is 48.6 Å². The fourth-order valence-electron chi connectivity index (χ4n) is 7.60. The number of carboxylic acid groups (broad SMARTS) is 2. The molecule has 0 bridgehead atoms. The zero-order chi connectivity index (χ0) is 51.8. The van der Waals surface area contributed by atoms with E-state index in [1.807, 2.05) is 61.0 Å². The quantitative estimate of drug-likeness (QED) is 0.0807. The van der Waals surface area contributed by atoms with Crippen molar-refractivity contribution in [1.82, 2.24) is 30.2 Å². The van der Waals surface area contributed by atoms with Gasteiger partial charge in [-0.3, -0.25) is 29.0 Å². The number of hydrogen-bond donors (Lipinski definition) is 4. The average molecular weight is 1050 g/mol. The van der Waals surface area contributed by atoms with Crippen molar-refractivity contribution in [3.05, 3.63) is 70.8 Å². The van der Waals surface area contributed by atoms with Gasteiger partial charge in [-0.25, -0.2) is 19.2 Å². The number of ether oxygens (including phenoxy) is 2. The summed E-state index contributed by atoms with van der Waals surface area (Å²) in [7, 11) is 2.72. The zero-order valence-corrected chi connectivity index (χ0v) is 44.5. The Labute approximate surface area is 427 Å². The van der Waals surface area contributed by atoms with E-state index in [4.69, 9.17) is 9.47 Å². The number of fused-ring (bicyclic) bond motifs is 2. The molecule has 0 fully saturated rings. The third kappa shape index (κ3) is 18.1. The topological polar surface area (TPSA) is 232 Å². The maximum absolute atomic E-state index is 14.2. The molecule has 70 heavy (non-hydrogen) atoms. The van der Waals surface area contributed by atoms with Crippen LogP contribution in [0.1, 0.15) is 76.6 Å². The molecule has 0 saturated carbocycles. The maximum Gasteiger partial charge on any atom is 0.410 e. The molecule has 22 heteroatoms. The molecule has 18 nitrogen and oxygen atoms in total. The molecule has 0 unspecified atom stereocenters. The van der Waals surface area contributed by atoms with Crippen LogP contribution in [0.5, 0.6) is 0 Å². The maximum atomic E-state index is 14.2. The molecule has 2 aromatic rings. The first-order valence-electron chi connectivity index (χ1n) is 23.0. The molecular weight excluding hydrogens is 981 g/mol. The van der Waals surface area contributed by atoms with Crippen molar-refractivity contribution in [2.24, 2.45) is 0 Å². The van der Waals surface area contributed by atoms with E-state index in [1.54, 1.807) is 41.5 Å². The number of rotatable bonds is 23. The average Bonchev–Trinajstić information content (AvgIpc) is 3.29. The summed E-state index contributed by atoms with van der Waals surface area (Å²) >= 11 is 2.90. The zero-order valence-electron chi connectivity index (χ0n) is 41.2. The minimum Gasteiger partial charge on any atom is -0.480 e.